The second-order valence-electron chi connectivity index (χ2n) is 6.73. The van der Waals surface area contributed by atoms with E-state index in [0.717, 1.165) is 0 Å². The number of halogens is 2. The van der Waals surface area contributed by atoms with Gasteiger partial charge in [0.1, 0.15) is 5.82 Å². The summed E-state index contributed by atoms with van der Waals surface area (Å²) in [7, 11) is 0. The Kier molecular flexibility index (Phi) is 6.11. The lowest BCUT2D eigenvalue weighted by Crippen LogP contribution is -2.39. The van der Waals surface area contributed by atoms with Crippen molar-refractivity contribution in [1.29, 1.82) is 0 Å². The van der Waals surface area contributed by atoms with Gasteiger partial charge in [-0.25, -0.2) is 14.4 Å². The van der Waals surface area contributed by atoms with E-state index in [0.29, 0.717) is 43.3 Å². The van der Waals surface area contributed by atoms with Gasteiger partial charge in [0.2, 0.25) is 5.91 Å². The minimum atomic E-state index is -0.508. The van der Waals surface area contributed by atoms with Crippen LogP contribution in [0.4, 0.5) is 15.9 Å². The number of rotatable bonds is 5. The van der Waals surface area contributed by atoms with Crippen molar-refractivity contribution in [3.8, 4) is 5.88 Å². The van der Waals surface area contributed by atoms with Crippen molar-refractivity contribution >= 4 is 29.0 Å². The van der Waals surface area contributed by atoms with Gasteiger partial charge in [0.15, 0.2) is 5.82 Å². The fraction of sp³-hybridized carbons (Fsp3) is 0.421. The molecule has 8 heteroatoms. The first-order chi connectivity index (χ1) is 12.9. The lowest BCUT2D eigenvalue weighted by molar-refractivity contribution is -0.120. The summed E-state index contributed by atoms with van der Waals surface area (Å²) < 4.78 is 19.0. The van der Waals surface area contributed by atoms with Crippen LogP contribution in [-0.4, -0.2) is 35.1 Å². The lowest BCUT2D eigenvalue weighted by Gasteiger charge is -2.32. The molecule has 1 amide bonds. The molecule has 0 radical (unpaired) electrons. The van der Waals surface area contributed by atoms with Crippen molar-refractivity contribution in [1.82, 2.24) is 9.97 Å². The normalized spacial score (nSPS) is 15.1. The fourth-order valence-electron chi connectivity index (χ4n) is 3.01. The van der Waals surface area contributed by atoms with Crippen LogP contribution in [0.2, 0.25) is 5.02 Å². The van der Waals surface area contributed by atoms with E-state index < -0.39 is 5.82 Å². The third-order valence-corrected chi connectivity index (χ3v) is 4.64. The van der Waals surface area contributed by atoms with E-state index in [-0.39, 0.29) is 23.0 Å². The van der Waals surface area contributed by atoms with Crippen molar-refractivity contribution < 1.29 is 13.9 Å². The van der Waals surface area contributed by atoms with Gasteiger partial charge in [-0.15, -0.1) is 0 Å². The van der Waals surface area contributed by atoms with Gasteiger partial charge in [-0.05, 0) is 44.9 Å². The number of aromatic nitrogens is 2. The van der Waals surface area contributed by atoms with Crippen LogP contribution >= 0.6 is 11.6 Å². The molecule has 0 atom stereocenters. The Balaban J connectivity index is 1.60. The van der Waals surface area contributed by atoms with Crippen LogP contribution in [-0.2, 0) is 4.79 Å². The van der Waals surface area contributed by atoms with Crippen LogP contribution in [0.25, 0.3) is 0 Å². The van der Waals surface area contributed by atoms with Crippen molar-refractivity contribution in [2.45, 2.75) is 32.8 Å². The molecule has 0 aliphatic carbocycles. The number of carbonyl (C=O) groups is 1. The van der Waals surface area contributed by atoms with E-state index in [9.17, 15) is 9.18 Å². The highest BCUT2D eigenvalue weighted by Gasteiger charge is 2.27. The SMILES string of the molecule is CC(C)Oc1nccnc1N1CCC(C(=O)Nc2ccc(F)c(Cl)c2)CC1. The summed E-state index contributed by atoms with van der Waals surface area (Å²) in [5.41, 5.74) is 0.496. The smallest absolute Gasteiger partial charge is 0.257 e. The Hall–Kier alpha value is -2.41. The molecule has 144 valence electrons. The molecule has 6 nitrogen and oxygen atoms in total. The average molecular weight is 393 g/mol. The van der Waals surface area contributed by atoms with Gasteiger partial charge in [0.05, 0.1) is 11.1 Å². The monoisotopic (exact) mass is 392 g/mol. The van der Waals surface area contributed by atoms with Crippen molar-refractivity contribution in [2.24, 2.45) is 5.92 Å². The highest BCUT2D eigenvalue weighted by Crippen LogP contribution is 2.29. The fourth-order valence-corrected chi connectivity index (χ4v) is 3.19. The zero-order valence-electron chi connectivity index (χ0n) is 15.3. The van der Waals surface area contributed by atoms with E-state index in [1.165, 1.54) is 18.2 Å². The molecule has 3 rings (SSSR count). The highest BCUT2D eigenvalue weighted by molar-refractivity contribution is 6.31. The lowest BCUT2D eigenvalue weighted by atomic mass is 9.96. The van der Waals surface area contributed by atoms with E-state index in [4.69, 9.17) is 16.3 Å². The molecule has 0 saturated carbocycles. The first-order valence-corrected chi connectivity index (χ1v) is 9.30. The third kappa shape index (κ3) is 4.86. The summed E-state index contributed by atoms with van der Waals surface area (Å²) >= 11 is 5.76. The molecule has 1 N–H and O–H groups in total. The Labute approximate surface area is 162 Å². The summed E-state index contributed by atoms with van der Waals surface area (Å²) in [4.78, 5) is 23.3. The highest BCUT2D eigenvalue weighted by atomic mass is 35.5. The number of hydrogen-bond acceptors (Lipinski definition) is 5. The van der Waals surface area contributed by atoms with Gasteiger partial charge in [0, 0.05) is 37.1 Å². The van der Waals surface area contributed by atoms with Crippen molar-refractivity contribution in [3.05, 3.63) is 41.4 Å². The molecular formula is C19H22ClFN4O2. The molecule has 1 aliphatic rings. The van der Waals surface area contributed by atoms with Crippen LogP contribution in [0.3, 0.4) is 0 Å². The molecule has 1 fully saturated rings. The Morgan fingerprint density at radius 3 is 2.67 bits per heavy atom. The Morgan fingerprint density at radius 1 is 1.30 bits per heavy atom. The van der Waals surface area contributed by atoms with Gasteiger partial charge in [-0.2, -0.15) is 0 Å². The van der Waals surface area contributed by atoms with Gasteiger partial charge in [-0.1, -0.05) is 11.6 Å². The van der Waals surface area contributed by atoms with Gasteiger partial charge in [0.25, 0.3) is 5.88 Å². The number of carbonyl (C=O) groups excluding carboxylic acids is 1. The Bertz CT molecular complexity index is 810. The van der Waals surface area contributed by atoms with Gasteiger partial charge >= 0.3 is 0 Å². The molecular weight excluding hydrogens is 371 g/mol. The number of hydrogen-bond donors (Lipinski definition) is 1. The molecule has 2 heterocycles. The largest absolute Gasteiger partial charge is 0.472 e. The standard InChI is InChI=1S/C19H22ClFN4O2/c1-12(2)27-19-17(22-7-8-23-19)25-9-5-13(6-10-25)18(26)24-14-3-4-16(21)15(20)11-14/h3-4,7-8,11-13H,5-6,9-10H2,1-2H3,(H,24,26). The maximum atomic E-state index is 13.2. The van der Waals surface area contributed by atoms with Crippen molar-refractivity contribution in [3.63, 3.8) is 0 Å². The summed E-state index contributed by atoms with van der Waals surface area (Å²) in [5.74, 6) is 0.490. The predicted molar refractivity (Wildman–Crippen MR) is 103 cm³/mol. The minimum Gasteiger partial charge on any atom is -0.472 e. The number of ether oxygens (including phenoxy) is 1. The summed E-state index contributed by atoms with van der Waals surface area (Å²) in [6.45, 7) is 5.23. The van der Waals surface area contributed by atoms with Crippen LogP contribution in [0.5, 0.6) is 5.88 Å². The Morgan fingerprint density at radius 2 is 2.00 bits per heavy atom. The van der Waals surface area contributed by atoms with E-state index in [2.05, 4.69) is 20.2 Å². The number of nitrogens with zero attached hydrogens (tertiary/aromatic N) is 3. The maximum Gasteiger partial charge on any atom is 0.257 e. The van der Waals surface area contributed by atoms with Crippen molar-refractivity contribution in [2.75, 3.05) is 23.3 Å². The van der Waals surface area contributed by atoms with Gasteiger partial charge in [-0.3, -0.25) is 4.79 Å². The summed E-state index contributed by atoms with van der Waals surface area (Å²) in [5, 5.41) is 2.80. The number of amides is 1. The quantitative estimate of drug-likeness (QED) is 0.835. The number of benzene rings is 1. The number of nitrogens with one attached hydrogen (secondary N) is 1. The zero-order valence-corrected chi connectivity index (χ0v) is 16.0. The molecule has 0 unspecified atom stereocenters. The third-order valence-electron chi connectivity index (χ3n) is 4.35. The first-order valence-electron chi connectivity index (χ1n) is 8.92. The molecule has 1 aromatic heterocycles. The van der Waals surface area contributed by atoms with Crippen LogP contribution in [0.15, 0.2) is 30.6 Å². The van der Waals surface area contributed by atoms with Crippen LogP contribution < -0.4 is 15.0 Å². The zero-order chi connectivity index (χ0) is 19.4. The molecule has 2 aromatic rings. The number of anilines is 2. The van der Waals surface area contributed by atoms with Crippen LogP contribution in [0.1, 0.15) is 26.7 Å². The predicted octanol–water partition coefficient (Wildman–Crippen LogP) is 3.91. The molecule has 1 aliphatic heterocycles. The first kappa shape index (κ1) is 19.4. The van der Waals surface area contributed by atoms with Gasteiger partial charge < -0.3 is 15.0 Å². The van der Waals surface area contributed by atoms with E-state index in [1.807, 2.05) is 13.8 Å². The topological polar surface area (TPSA) is 67.4 Å². The number of piperidine rings is 1. The van der Waals surface area contributed by atoms with E-state index in [1.54, 1.807) is 12.4 Å². The average Bonchev–Trinajstić information content (AvgIpc) is 2.65. The molecule has 0 bridgehead atoms. The molecule has 1 aromatic carbocycles. The van der Waals surface area contributed by atoms with E-state index >= 15 is 0 Å². The molecule has 1 saturated heterocycles. The second-order valence-corrected chi connectivity index (χ2v) is 7.14. The molecule has 27 heavy (non-hydrogen) atoms. The second kappa shape index (κ2) is 8.52. The maximum absolute atomic E-state index is 13.2. The summed E-state index contributed by atoms with van der Waals surface area (Å²) in [6, 6.07) is 4.16. The minimum absolute atomic E-state index is 0.00583. The molecule has 0 spiro atoms. The summed E-state index contributed by atoms with van der Waals surface area (Å²) in [6.07, 6.45) is 4.61. The van der Waals surface area contributed by atoms with Crippen LogP contribution in [0, 0.1) is 11.7 Å².